The Morgan fingerprint density at radius 2 is 1.83 bits per heavy atom. The van der Waals surface area contributed by atoms with E-state index in [1.807, 2.05) is 48.2 Å². The van der Waals surface area contributed by atoms with Crippen LogP contribution in [0, 0.1) is 5.92 Å². The second kappa shape index (κ2) is 7.31. The molecule has 0 radical (unpaired) electrons. The van der Waals surface area contributed by atoms with Crippen molar-refractivity contribution in [1.82, 2.24) is 4.90 Å². The number of anilines is 1. The molecule has 2 heterocycles. The molecule has 1 amide bonds. The van der Waals surface area contributed by atoms with E-state index in [2.05, 4.69) is 24.1 Å². The highest BCUT2D eigenvalue weighted by molar-refractivity contribution is 6.08. The molecule has 2 unspecified atom stereocenters. The van der Waals surface area contributed by atoms with Crippen LogP contribution >= 0.6 is 0 Å². The quantitative estimate of drug-likeness (QED) is 0.727. The molecule has 2 atom stereocenters. The molecular weight excluding hydrogens is 376 g/mol. The molecule has 5 nitrogen and oxygen atoms in total. The van der Waals surface area contributed by atoms with E-state index in [0.717, 1.165) is 18.5 Å². The molecule has 1 aliphatic carbocycles. The average molecular weight is 402 g/mol. The maximum Gasteiger partial charge on any atom is 0.311 e. The molecule has 5 rings (SSSR count). The van der Waals surface area contributed by atoms with Crippen LogP contribution in [0.1, 0.15) is 47.2 Å². The van der Waals surface area contributed by atoms with Crippen LogP contribution < -0.4 is 4.90 Å². The Balaban J connectivity index is 1.51. The summed E-state index contributed by atoms with van der Waals surface area (Å²) >= 11 is 0. The first-order valence-electron chi connectivity index (χ1n) is 10.7. The van der Waals surface area contributed by atoms with Crippen molar-refractivity contribution in [2.45, 2.75) is 25.7 Å². The first-order valence-corrected chi connectivity index (χ1v) is 10.7. The summed E-state index contributed by atoms with van der Waals surface area (Å²) in [4.78, 5) is 29.8. The number of hydrogen-bond donors (Lipinski definition) is 0. The van der Waals surface area contributed by atoms with Gasteiger partial charge in [-0.2, -0.15) is 0 Å². The number of nitrogens with zero attached hydrogens (tertiary/aromatic N) is 2. The summed E-state index contributed by atoms with van der Waals surface area (Å²) < 4.78 is 5.30. The Labute approximate surface area is 176 Å². The van der Waals surface area contributed by atoms with E-state index in [9.17, 15) is 9.59 Å². The van der Waals surface area contributed by atoms with Gasteiger partial charge >= 0.3 is 5.97 Å². The Morgan fingerprint density at radius 3 is 2.60 bits per heavy atom. The van der Waals surface area contributed by atoms with Crippen molar-refractivity contribution in [2.24, 2.45) is 5.92 Å². The number of fused-ring (bicyclic) bond motifs is 1. The number of carbonyl (C=O) groups is 2. The predicted octanol–water partition coefficient (Wildman–Crippen LogP) is 4.06. The van der Waals surface area contributed by atoms with Crippen LogP contribution in [0.25, 0.3) is 5.70 Å². The van der Waals surface area contributed by atoms with Gasteiger partial charge in [0.15, 0.2) is 0 Å². The molecule has 0 saturated heterocycles. The van der Waals surface area contributed by atoms with Crippen molar-refractivity contribution >= 4 is 23.3 Å². The topological polar surface area (TPSA) is 49.9 Å². The van der Waals surface area contributed by atoms with E-state index < -0.39 is 0 Å². The van der Waals surface area contributed by atoms with E-state index in [-0.39, 0.29) is 23.7 Å². The molecule has 2 aromatic carbocycles. The highest BCUT2D eigenvalue weighted by Gasteiger charge is 2.42. The average Bonchev–Trinajstić information content (AvgIpc) is 3.13. The molecule has 0 N–H and O–H groups in total. The summed E-state index contributed by atoms with van der Waals surface area (Å²) in [6.45, 7) is 3.62. The number of ether oxygens (including phenoxy) is 1. The third-order valence-corrected chi connectivity index (χ3v) is 6.52. The van der Waals surface area contributed by atoms with E-state index in [0.29, 0.717) is 25.3 Å². The number of allylic oxidation sites excluding steroid dienone is 1. The Hall–Kier alpha value is -3.08. The lowest BCUT2D eigenvalue weighted by Crippen LogP contribution is -2.37. The molecule has 2 aliphatic heterocycles. The number of amides is 1. The van der Waals surface area contributed by atoms with Gasteiger partial charge in [0.2, 0.25) is 0 Å². The Bertz CT molecular complexity index is 1040. The first kappa shape index (κ1) is 18.9. The number of esters is 1. The van der Waals surface area contributed by atoms with Crippen molar-refractivity contribution in [2.75, 3.05) is 31.6 Å². The third-order valence-electron chi connectivity index (χ3n) is 6.52. The Kier molecular flexibility index (Phi) is 4.61. The maximum atomic E-state index is 13.2. The summed E-state index contributed by atoms with van der Waals surface area (Å²) in [7, 11) is 2.06. The molecule has 30 heavy (non-hydrogen) atoms. The van der Waals surface area contributed by atoms with Crippen LogP contribution in [0.2, 0.25) is 0 Å². The molecule has 5 heteroatoms. The maximum absolute atomic E-state index is 13.2. The number of hydrogen-bond acceptors (Lipinski definition) is 4. The second-order valence-corrected chi connectivity index (χ2v) is 8.41. The van der Waals surface area contributed by atoms with Gasteiger partial charge < -0.3 is 14.5 Å². The van der Waals surface area contributed by atoms with Crippen molar-refractivity contribution < 1.29 is 14.3 Å². The SMILES string of the molecule is CCOC(=O)C1CC2=C(c3cccc4c3C(C2)CN4C(=O)c2ccccc2)N(C)C1. The molecule has 2 aromatic rings. The van der Waals surface area contributed by atoms with Crippen LogP contribution in [-0.2, 0) is 9.53 Å². The molecule has 3 aliphatic rings. The fourth-order valence-electron chi connectivity index (χ4n) is 5.37. The van der Waals surface area contributed by atoms with Crippen molar-refractivity contribution in [3.8, 4) is 0 Å². The zero-order chi connectivity index (χ0) is 20.8. The van der Waals surface area contributed by atoms with E-state index in [4.69, 9.17) is 4.74 Å². The van der Waals surface area contributed by atoms with Gasteiger partial charge in [-0.3, -0.25) is 9.59 Å². The second-order valence-electron chi connectivity index (χ2n) is 8.41. The van der Waals surface area contributed by atoms with Gasteiger partial charge in [0.05, 0.1) is 12.5 Å². The van der Waals surface area contributed by atoms with Gasteiger partial charge in [-0.1, -0.05) is 30.3 Å². The Morgan fingerprint density at radius 1 is 1.03 bits per heavy atom. The van der Waals surface area contributed by atoms with Crippen LogP contribution in [0.15, 0.2) is 54.1 Å². The van der Waals surface area contributed by atoms with Gasteiger partial charge in [-0.05, 0) is 49.1 Å². The van der Waals surface area contributed by atoms with Crippen LogP contribution in [0.3, 0.4) is 0 Å². The summed E-state index contributed by atoms with van der Waals surface area (Å²) in [6.07, 6.45) is 1.63. The van der Waals surface area contributed by atoms with E-state index in [1.165, 1.54) is 22.4 Å². The molecule has 0 bridgehead atoms. The lowest BCUT2D eigenvalue weighted by Gasteiger charge is -2.39. The normalized spacial score (nSPS) is 21.9. The highest BCUT2D eigenvalue weighted by atomic mass is 16.5. The van der Waals surface area contributed by atoms with Crippen molar-refractivity contribution in [1.29, 1.82) is 0 Å². The standard InChI is InChI=1S/C25H26N2O3/c1-3-30-25(29)19-13-17-12-18-15-27(24(28)16-8-5-4-6-9-16)21-11-7-10-20(22(18)21)23(17)26(2)14-19/h4-11,18-19H,3,12-15H2,1-2H3. The predicted molar refractivity (Wildman–Crippen MR) is 116 cm³/mol. The highest BCUT2D eigenvalue weighted by Crippen LogP contribution is 2.51. The number of benzene rings is 2. The fraction of sp³-hybridized carbons (Fsp3) is 0.360. The minimum Gasteiger partial charge on any atom is -0.466 e. The van der Waals surface area contributed by atoms with Crippen molar-refractivity contribution in [3.63, 3.8) is 0 Å². The monoisotopic (exact) mass is 402 g/mol. The van der Waals surface area contributed by atoms with Crippen LogP contribution in [-0.4, -0.2) is 43.5 Å². The molecule has 154 valence electrons. The van der Waals surface area contributed by atoms with Gasteiger partial charge in [0.1, 0.15) is 0 Å². The number of carbonyl (C=O) groups excluding carboxylic acids is 2. The summed E-state index contributed by atoms with van der Waals surface area (Å²) in [6, 6.07) is 15.8. The van der Waals surface area contributed by atoms with Gasteiger partial charge in [-0.15, -0.1) is 0 Å². The van der Waals surface area contributed by atoms with Crippen molar-refractivity contribution in [3.05, 3.63) is 70.8 Å². The van der Waals surface area contributed by atoms with E-state index >= 15 is 0 Å². The van der Waals surface area contributed by atoms with Crippen LogP contribution in [0.5, 0.6) is 0 Å². The summed E-state index contributed by atoms with van der Waals surface area (Å²) in [5.41, 5.74) is 6.78. The molecular formula is C25H26N2O3. The zero-order valence-corrected chi connectivity index (χ0v) is 17.4. The fourth-order valence-corrected chi connectivity index (χ4v) is 5.37. The van der Waals surface area contributed by atoms with Gasteiger partial charge in [0.25, 0.3) is 5.91 Å². The van der Waals surface area contributed by atoms with Crippen LogP contribution in [0.4, 0.5) is 5.69 Å². The third kappa shape index (κ3) is 2.92. The van der Waals surface area contributed by atoms with Gasteiger partial charge in [-0.25, -0.2) is 0 Å². The molecule has 0 aromatic heterocycles. The minimum atomic E-state index is -0.123. The molecule has 0 fully saturated rings. The largest absolute Gasteiger partial charge is 0.466 e. The molecule has 0 saturated carbocycles. The summed E-state index contributed by atoms with van der Waals surface area (Å²) in [5.74, 6) is 0.0933. The lowest BCUT2D eigenvalue weighted by molar-refractivity contribution is -0.148. The number of rotatable bonds is 3. The smallest absolute Gasteiger partial charge is 0.311 e. The van der Waals surface area contributed by atoms with E-state index in [1.54, 1.807) is 0 Å². The first-order chi connectivity index (χ1) is 14.6. The summed E-state index contributed by atoms with van der Waals surface area (Å²) in [5, 5.41) is 0. The minimum absolute atomic E-state index is 0.0501. The molecule has 0 spiro atoms. The lowest BCUT2D eigenvalue weighted by atomic mass is 9.77. The zero-order valence-electron chi connectivity index (χ0n) is 17.4. The van der Waals surface area contributed by atoms with Gasteiger partial charge in [0, 0.05) is 48.6 Å².